The molecular weight excluding hydrogens is 711 g/mol. The van der Waals surface area contributed by atoms with Crippen LogP contribution in [0.5, 0.6) is 0 Å². The molecule has 7 nitrogen and oxygen atoms in total. The average Bonchev–Trinajstić information content (AvgIpc) is 3.40. The fourth-order valence-electron chi connectivity index (χ4n) is 5.35. The maximum Gasteiger partial charge on any atom is 0.417 e. The Hall–Kier alpha value is -2.47. The molecule has 2 aliphatic heterocycles. The minimum atomic E-state index is -4.75. The van der Waals surface area contributed by atoms with Crippen molar-refractivity contribution in [1.82, 2.24) is 10.6 Å². The Morgan fingerprint density at radius 2 is 1.24 bits per heavy atom. The highest BCUT2D eigenvalue weighted by atomic mass is 32.2. The molecule has 3 fully saturated rings. The van der Waals surface area contributed by atoms with Gasteiger partial charge in [-0.1, -0.05) is 68.6 Å². The lowest BCUT2D eigenvalue weighted by Gasteiger charge is -2.33. The van der Waals surface area contributed by atoms with E-state index in [1.165, 1.54) is 0 Å². The smallest absolute Gasteiger partial charge is 0.380 e. The standard InChI is InChI=1S/C17H21F3N2OS.C14H18F6N2O2S/c1-10(11-8-6-7-9-12(11)15(2,3)4)21-14-22-13(23)16(5,24-14)17(18,19)20;1-11(13(15,16)17)9(23)22-10(25-11)21-8-4-2-6-12(24,7-3-5-8)14(18,19)20/h6-10H,1-5H3,(H,21,22,23);8,24H,2-7H2,1H3,(H,21,22,23)/t10-,16?;/m0./s1. The van der Waals surface area contributed by atoms with E-state index in [1.54, 1.807) is 0 Å². The number of halogens is 9. The van der Waals surface area contributed by atoms with Crippen molar-refractivity contribution in [2.45, 2.75) is 131 Å². The summed E-state index contributed by atoms with van der Waals surface area (Å²) >= 11 is 0.701. The van der Waals surface area contributed by atoms with Gasteiger partial charge in [0.05, 0.1) is 12.1 Å². The number of alkyl halides is 9. The van der Waals surface area contributed by atoms with Gasteiger partial charge in [-0.3, -0.25) is 19.6 Å². The van der Waals surface area contributed by atoms with Crippen LogP contribution in [0.25, 0.3) is 0 Å². The average molecular weight is 751 g/mol. The van der Waals surface area contributed by atoms with Crippen molar-refractivity contribution >= 4 is 45.7 Å². The molecule has 18 heteroatoms. The first-order valence-electron chi connectivity index (χ1n) is 15.3. The monoisotopic (exact) mass is 750 g/mol. The van der Waals surface area contributed by atoms with E-state index in [-0.39, 0.29) is 59.2 Å². The van der Waals surface area contributed by atoms with Crippen molar-refractivity contribution in [3.8, 4) is 0 Å². The molecule has 0 radical (unpaired) electrons. The molecule has 2 amide bonds. The highest BCUT2D eigenvalue weighted by Crippen LogP contribution is 2.47. The molecule has 1 aliphatic carbocycles. The molecule has 3 N–H and O–H groups in total. The Morgan fingerprint density at radius 3 is 1.67 bits per heavy atom. The zero-order chi connectivity index (χ0) is 37.4. The fourth-order valence-corrected chi connectivity index (χ4v) is 7.34. The summed E-state index contributed by atoms with van der Waals surface area (Å²) in [7, 11) is 0. The van der Waals surface area contributed by atoms with Gasteiger partial charge in [0.1, 0.15) is 0 Å². The van der Waals surface area contributed by atoms with Gasteiger partial charge in [-0.15, -0.1) is 0 Å². The molecule has 2 heterocycles. The lowest BCUT2D eigenvalue weighted by Crippen LogP contribution is -2.46. The van der Waals surface area contributed by atoms with Gasteiger partial charge in [-0.25, -0.2) is 0 Å². The molecule has 4 rings (SSSR count). The summed E-state index contributed by atoms with van der Waals surface area (Å²) in [6, 6.07) is 6.86. The second-order valence-electron chi connectivity index (χ2n) is 13.5. The fraction of sp³-hybridized carbons (Fsp3) is 0.677. The number of thioether (sulfide) groups is 2. The van der Waals surface area contributed by atoms with Crippen molar-refractivity contribution in [2.75, 3.05) is 0 Å². The molecule has 3 atom stereocenters. The van der Waals surface area contributed by atoms with Crippen LogP contribution in [-0.2, 0) is 15.0 Å². The van der Waals surface area contributed by atoms with Crippen molar-refractivity contribution in [2.24, 2.45) is 9.98 Å². The molecule has 1 aromatic rings. The zero-order valence-electron chi connectivity index (χ0n) is 27.6. The summed E-state index contributed by atoms with van der Waals surface area (Å²) in [5.41, 5.74) is -0.823. The van der Waals surface area contributed by atoms with Crippen LogP contribution < -0.4 is 10.6 Å². The Labute approximate surface area is 286 Å². The number of hydrogen-bond donors (Lipinski definition) is 3. The van der Waals surface area contributed by atoms with Crippen LogP contribution >= 0.6 is 23.5 Å². The van der Waals surface area contributed by atoms with Gasteiger partial charge in [0, 0.05) is 0 Å². The maximum atomic E-state index is 13.1. The molecule has 2 unspecified atom stereocenters. The van der Waals surface area contributed by atoms with Crippen LogP contribution in [0.15, 0.2) is 34.3 Å². The minimum Gasteiger partial charge on any atom is -0.380 e. The lowest BCUT2D eigenvalue weighted by atomic mass is 9.82. The Balaban J connectivity index is 0.000000266. The number of nitrogens with one attached hydrogen (secondary N) is 2. The van der Waals surface area contributed by atoms with Crippen LogP contribution in [0.1, 0.15) is 97.2 Å². The number of amides is 2. The van der Waals surface area contributed by atoms with Crippen LogP contribution in [0, 0.1) is 0 Å². The molecule has 49 heavy (non-hydrogen) atoms. The Bertz CT molecular complexity index is 1450. The number of aliphatic imine (C=N–C) groups is 2. The van der Waals surface area contributed by atoms with Crippen molar-refractivity contribution in [1.29, 1.82) is 0 Å². The van der Waals surface area contributed by atoms with Gasteiger partial charge < -0.3 is 15.7 Å². The number of carbonyl (C=O) groups is 2. The third-order valence-corrected chi connectivity index (χ3v) is 11.1. The number of benzene rings is 1. The number of carbonyl (C=O) groups excluding carboxylic acids is 2. The number of hydrogen-bond acceptors (Lipinski definition) is 7. The topological polar surface area (TPSA) is 103 Å². The molecule has 2 saturated heterocycles. The lowest BCUT2D eigenvalue weighted by molar-refractivity contribution is -0.266. The van der Waals surface area contributed by atoms with Gasteiger partial charge >= 0.3 is 18.5 Å². The van der Waals surface area contributed by atoms with E-state index in [0.717, 1.165) is 25.0 Å². The van der Waals surface area contributed by atoms with Gasteiger partial charge in [0.2, 0.25) is 0 Å². The first kappa shape index (κ1) is 41.0. The van der Waals surface area contributed by atoms with Crippen LogP contribution in [-0.4, -0.2) is 66.9 Å². The highest BCUT2D eigenvalue weighted by Gasteiger charge is 2.63. The molecule has 3 aliphatic rings. The highest BCUT2D eigenvalue weighted by molar-refractivity contribution is 8.16. The summed E-state index contributed by atoms with van der Waals surface area (Å²) in [6.45, 7) is 9.66. The van der Waals surface area contributed by atoms with Crippen molar-refractivity contribution in [3.05, 3.63) is 35.4 Å². The summed E-state index contributed by atoms with van der Waals surface area (Å²) < 4.78 is 112. The third-order valence-electron chi connectivity index (χ3n) is 8.60. The summed E-state index contributed by atoms with van der Waals surface area (Å²) in [6.07, 6.45) is -14.6. The molecular formula is C31H39F9N4O3S2. The van der Waals surface area contributed by atoms with E-state index in [9.17, 15) is 54.2 Å². The summed E-state index contributed by atoms with van der Waals surface area (Å²) in [5, 5.41) is 13.9. The molecule has 1 saturated carbocycles. The van der Waals surface area contributed by atoms with Crippen LogP contribution in [0.3, 0.4) is 0 Å². The molecule has 0 aromatic heterocycles. The van der Waals surface area contributed by atoms with Crippen LogP contribution in [0.2, 0.25) is 0 Å². The van der Waals surface area contributed by atoms with E-state index in [0.29, 0.717) is 11.8 Å². The summed E-state index contributed by atoms with van der Waals surface area (Å²) in [4.78, 5) is 31.8. The minimum absolute atomic E-state index is 0.0102. The van der Waals surface area contributed by atoms with Gasteiger partial charge in [0.25, 0.3) is 11.8 Å². The van der Waals surface area contributed by atoms with Crippen LogP contribution in [0.4, 0.5) is 39.5 Å². The molecule has 0 spiro atoms. The van der Waals surface area contributed by atoms with Gasteiger partial charge in [-0.05, 0) is 75.8 Å². The molecule has 276 valence electrons. The van der Waals surface area contributed by atoms with E-state index >= 15 is 0 Å². The Kier molecular flexibility index (Phi) is 11.9. The number of nitrogens with zero attached hydrogens (tertiary/aromatic N) is 2. The maximum absolute atomic E-state index is 13.1. The van der Waals surface area contributed by atoms with Crippen molar-refractivity contribution < 1.29 is 54.2 Å². The van der Waals surface area contributed by atoms with E-state index in [1.807, 2.05) is 31.2 Å². The van der Waals surface area contributed by atoms with Gasteiger partial charge in [-0.2, -0.15) is 39.5 Å². The molecule has 0 bridgehead atoms. The SMILES string of the molecule is CC1(C(F)(F)F)SC(=NC2CCCC(O)(C(F)(F)F)CCC2)NC1=O.C[C@H](N=C1NC(=O)C(C)(C(F)(F)F)S1)c1ccccc1C(C)(C)C. The number of amidine groups is 2. The number of aliphatic hydroxyl groups is 1. The zero-order valence-corrected chi connectivity index (χ0v) is 29.2. The van der Waals surface area contributed by atoms with E-state index in [2.05, 4.69) is 41.4 Å². The first-order valence-corrected chi connectivity index (χ1v) is 17.0. The molecule has 1 aromatic carbocycles. The summed E-state index contributed by atoms with van der Waals surface area (Å²) in [5.74, 6) is -2.28. The largest absolute Gasteiger partial charge is 0.417 e. The van der Waals surface area contributed by atoms with E-state index < -0.39 is 64.3 Å². The van der Waals surface area contributed by atoms with Crippen molar-refractivity contribution in [3.63, 3.8) is 0 Å². The normalized spacial score (nSPS) is 31.1. The predicted octanol–water partition coefficient (Wildman–Crippen LogP) is 8.13. The predicted molar refractivity (Wildman–Crippen MR) is 171 cm³/mol. The second-order valence-corrected chi connectivity index (χ2v) is 16.3. The number of rotatable bonds is 3. The first-order chi connectivity index (χ1) is 22.1. The van der Waals surface area contributed by atoms with E-state index in [4.69, 9.17) is 0 Å². The van der Waals surface area contributed by atoms with Gasteiger partial charge in [0.15, 0.2) is 25.4 Å². The quantitative estimate of drug-likeness (QED) is 0.271. The Morgan fingerprint density at radius 1 is 0.796 bits per heavy atom. The third kappa shape index (κ3) is 9.07. The second kappa shape index (κ2) is 14.3.